The van der Waals surface area contributed by atoms with Gasteiger partial charge in [0.15, 0.2) is 0 Å². The van der Waals surface area contributed by atoms with Crippen LogP contribution < -0.4 is 15.0 Å². The summed E-state index contributed by atoms with van der Waals surface area (Å²) >= 11 is 0. The Morgan fingerprint density at radius 1 is 1.44 bits per heavy atom. The van der Waals surface area contributed by atoms with Crippen LogP contribution in [0.15, 0.2) is 30.5 Å². The molecule has 25 heavy (non-hydrogen) atoms. The zero-order valence-electron chi connectivity index (χ0n) is 14.4. The Bertz CT molecular complexity index is 766. The number of nitrogens with one attached hydrogen (secondary N) is 1. The van der Waals surface area contributed by atoms with Crippen molar-refractivity contribution in [1.29, 1.82) is 0 Å². The van der Waals surface area contributed by atoms with Crippen molar-refractivity contribution >= 4 is 11.9 Å². The molecule has 0 bridgehead atoms. The van der Waals surface area contributed by atoms with Gasteiger partial charge in [0.1, 0.15) is 11.3 Å². The van der Waals surface area contributed by atoms with Gasteiger partial charge in [-0.2, -0.15) is 0 Å². The van der Waals surface area contributed by atoms with Gasteiger partial charge in [0.2, 0.25) is 5.95 Å². The van der Waals surface area contributed by atoms with E-state index in [1.807, 2.05) is 13.0 Å². The lowest BCUT2D eigenvalue weighted by molar-refractivity contribution is 0.0692. The van der Waals surface area contributed by atoms with E-state index < -0.39 is 5.97 Å². The van der Waals surface area contributed by atoms with Crippen molar-refractivity contribution in [3.05, 3.63) is 36.0 Å². The van der Waals surface area contributed by atoms with Crippen LogP contribution in [-0.2, 0) is 0 Å². The van der Waals surface area contributed by atoms with Gasteiger partial charge in [0, 0.05) is 37.4 Å². The molecule has 1 fully saturated rings. The van der Waals surface area contributed by atoms with Gasteiger partial charge < -0.3 is 20.1 Å². The predicted molar refractivity (Wildman–Crippen MR) is 95.3 cm³/mol. The maximum absolute atomic E-state index is 11.5. The van der Waals surface area contributed by atoms with Crippen LogP contribution in [0.25, 0.3) is 11.3 Å². The summed E-state index contributed by atoms with van der Waals surface area (Å²) in [5.74, 6) is 0.0103. The van der Waals surface area contributed by atoms with Crippen molar-refractivity contribution in [2.45, 2.75) is 19.9 Å². The second-order valence-corrected chi connectivity index (χ2v) is 5.99. The summed E-state index contributed by atoms with van der Waals surface area (Å²) in [5.41, 5.74) is 1.56. The van der Waals surface area contributed by atoms with E-state index in [4.69, 9.17) is 4.74 Å². The van der Waals surface area contributed by atoms with E-state index in [9.17, 15) is 9.90 Å². The molecule has 0 unspecified atom stereocenters. The number of benzene rings is 1. The monoisotopic (exact) mass is 342 g/mol. The summed E-state index contributed by atoms with van der Waals surface area (Å²) in [5, 5.41) is 12.8. The summed E-state index contributed by atoms with van der Waals surface area (Å²) in [6.45, 7) is 6.94. The molecule has 0 radical (unpaired) electrons. The van der Waals surface area contributed by atoms with Gasteiger partial charge in [-0.05, 0) is 38.1 Å². The Kier molecular flexibility index (Phi) is 5.14. The molecule has 0 saturated carbocycles. The van der Waals surface area contributed by atoms with Crippen LogP contribution in [0.1, 0.15) is 24.2 Å². The van der Waals surface area contributed by atoms with Crippen molar-refractivity contribution in [2.24, 2.45) is 0 Å². The highest BCUT2D eigenvalue weighted by Crippen LogP contribution is 2.27. The first-order chi connectivity index (χ1) is 12.1. The normalized spacial score (nSPS) is 17.4. The van der Waals surface area contributed by atoms with Crippen LogP contribution >= 0.6 is 0 Å². The van der Waals surface area contributed by atoms with Crippen LogP contribution in [0.2, 0.25) is 0 Å². The molecule has 1 aromatic carbocycles. The zero-order chi connectivity index (χ0) is 17.8. The number of hydrogen-bond donors (Lipinski definition) is 2. The number of aromatic carboxylic acids is 1. The van der Waals surface area contributed by atoms with Crippen LogP contribution in [0.3, 0.4) is 0 Å². The summed E-state index contributed by atoms with van der Waals surface area (Å²) < 4.78 is 5.39. The number of rotatable bonds is 5. The topological polar surface area (TPSA) is 87.6 Å². The van der Waals surface area contributed by atoms with Crippen LogP contribution in [0, 0.1) is 0 Å². The second kappa shape index (κ2) is 7.48. The lowest BCUT2D eigenvalue weighted by Crippen LogP contribution is -2.49. The highest BCUT2D eigenvalue weighted by atomic mass is 16.5. The van der Waals surface area contributed by atoms with Gasteiger partial charge in [-0.3, -0.25) is 0 Å². The van der Waals surface area contributed by atoms with E-state index in [1.54, 1.807) is 24.4 Å². The van der Waals surface area contributed by atoms with Crippen molar-refractivity contribution in [2.75, 3.05) is 31.1 Å². The summed E-state index contributed by atoms with van der Waals surface area (Å²) in [4.78, 5) is 22.6. The van der Waals surface area contributed by atoms with E-state index in [0.29, 0.717) is 30.0 Å². The lowest BCUT2D eigenvalue weighted by Gasteiger charge is -2.31. The number of hydrogen-bond acceptors (Lipinski definition) is 6. The minimum Gasteiger partial charge on any atom is -0.493 e. The van der Waals surface area contributed by atoms with E-state index in [0.717, 1.165) is 25.2 Å². The first-order valence-corrected chi connectivity index (χ1v) is 8.40. The third kappa shape index (κ3) is 3.88. The molecule has 0 aliphatic carbocycles. The molecule has 7 nitrogen and oxygen atoms in total. The SMILES string of the molecule is CCOc1ccc(-c2ccnc(N3CCN[C@H](C)C3)n2)cc1C(=O)O. The van der Waals surface area contributed by atoms with E-state index in [-0.39, 0.29) is 5.56 Å². The number of aromatic nitrogens is 2. The van der Waals surface area contributed by atoms with Gasteiger partial charge in [-0.25, -0.2) is 14.8 Å². The number of carboxylic acids is 1. The number of anilines is 1. The minimum atomic E-state index is -1.02. The molecule has 1 aromatic heterocycles. The molecule has 3 rings (SSSR count). The van der Waals surface area contributed by atoms with Crippen molar-refractivity contribution in [1.82, 2.24) is 15.3 Å². The third-order valence-corrected chi connectivity index (χ3v) is 4.10. The van der Waals surface area contributed by atoms with Crippen molar-refractivity contribution < 1.29 is 14.6 Å². The summed E-state index contributed by atoms with van der Waals surface area (Å²) in [7, 11) is 0. The van der Waals surface area contributed by atoms with Crippen LogP contribution in [0.5, 0.6) is 5.75 Å². The van der Waals surface area contributed by atoms with Crippen molar-refractivity contribution in [3.63, 3.8) is 0 Å². The molecule has 1 saturated heterocycles. The second-order valence-electron chi connectivity index (χ2n) is 5.99. The zero-order valence-corrected chi connectivity index (χ0v) is 14.4. The molecule has 0 spiro atoms. The average molecular weight is 342 g/mol. The third-order valence-electron chi connectivity index (χ3n) is 4.10. The van der Waals surface area contributed by atoms with Crippen LogP contribution in [-0.4, -0.2) is 53.3 Å². The molecule has 1 atom stereocenters. The number of carboxylic acid groups (broad SMARTS) is 1. The molecule has 2 heterocycles. The van der Waals surface area contributed by atoms with Crippen molar-refractivity contribution in [3.8, 4) is 17.0 Å². The molecular weight excluding hydrogens is 320 g/mol. The molecule has 1 aliphatic heterocycles. The highest BCUT2D eigenvalue weighted by Gasteiger charge is 2.19. The molecule has 0 amide bonds. The Morgan fingerprint density at radius 2 is 2.28 bits per heavy atom. The highest BCUT2D eigenvalue weighted by molar-refractivity contribution is 5.92. The van der Waals surface area contributed by atoms with Crippen LogP contribution in [0.4, 0.5) is 5.95 Å². The maximum Gasteiger partial charge on any atom is 0.339 e. The largest absolute Gasteiger partial charge is 0.493 e. The predicted octanol–water partition coefficient (Wildman–Crippen LogP) is 2.04. The van der Waals surface area contributed by atoms with Gasteiger partial charge in [0.25, 0.3) is 0 Å². The molecule has 132 valence electrons. The number of ether oxygens (including phenoxy) is 1. The van der Waals surface area contributed by atoms with E-state index >= 15 is 0 Å². The summed E-state index contributed by atoms with van der Waals surface area (Å²) in [6.07, 6.45) is 1.71. The Labute approximate surface area is 146 Å². The Hall–Kier alpha value is -2.67. The first kappa shape index (κ1) is 17.2. The smallest absolute Gasteiger partial charge is 0.339 e. The van der Waals surface area contributed by atoms with Gasteiger partial charge in [0.05, 0.1) is 12.3 Å². The standard InChI is InChI=1S/C18H22N4O3/c1-3-25-16-5-4-13(10-14(16)17(23)24)15-6-7-20-18(21-15)22-9-8-19-12(2)11-22/h4-7,10,12,19H,3,8-9,11H2,1-2H3,(H,23,24)/t12-/m1/s1. The molecule has 2 aromatic rings. The average Bonchev–Trinajstić information content (AvgIpc) is 2.62. The first-order valence-electron chi connectivity index (χ1n) is 8.40. The molecule has 2 N–H and O–H groups in total. The van der Waals surface area contributed by atoms with E-state index in [1.165, 1.54) is 0 Å². The molecular formula is C18H22N4O3. The lowest BCUT2D eigenvalue weighted by atomic mass is 10.1. The molecule has 7 heteroatoms. The maximum atomic E-state index is 11.5. The number of nitrogens with zero attached hydrogens (tertiary/aromatic N) is 3. The fourth-order valence-electron chi connectivity index (χ4n) is 2.91. The fraction of sp³-hybridized carbons (Fsp3) is 0.389. The Morgan fingerprint density at radius 3 is 3.00 bits per heavy atom. The van der Waals surface area contributed by atoms with E-state index in [2.05, 4.69) is 27.1 Å². The fourth-order valence-corrected chi connectivity index (χ4v) is 2.91. The van der Waals surface area contributed by atoms with Gasteiger partial charge in [-0.15, -0.1) is 0 Å². The van der Waals surface area contributed by atoms with Gasteiger partial charge >= 0.3 is 5.97 Å². The number of carbonyl (C=O) groups is 1. The summed E-state index contributed by atoms with van der Waals surface area (Å²) in [6, 6.07) is 7.27. The molecule has 1 aliphatic rings. The minimum absolute atomic E-state index is 0.135. The quantitative estimate of drug-likeness (QED) is 0.859. The number of piperazine rings is 1. The Balaban J connectivity index is 1.92. The van der Waals surface area contributed by atoms with Gasteiger partial charge in [-0.1, -0.05) is 0 Å².